The summed E-state index contributed by atoms with van der Waals surface area (Å²) in [6.45, 7) is 2.06. The number of carbonyl (C=O) groups excluding carboxylic acids is 1. The third-order valence-corrected chi connectivity index (χ3v) is 7.81. The third-order valence-electron chi connectivity index (χ3n) is 7.81. The van der Waals surface area contributed by atoms with Crippen molar-refractivity contribution in [3.8, 4) is 0 Å². The van der Waals surface area contributed by atoms with Crippen molar-refractivity contribution in [1.29, 1.82) is 0 Å². The first-order valence-corrected chi connectivity index (χ1v) is 9.17. The van der Waals surface area contributed by atoms with Gasteiger partial charge in [0.1, 0.15) is 0 Å². The van der Waals surface area contributed by atoms with E-state index in [1.807, 2.05) is 0 Å². The van der Waals surface area contributed by atoms with Gasteiger partial charge < -0.3 is 5.11 Å². The number of carbonyl (C=O) groups is 1. The highest BCUT2D eigenvalue weighted by atomic mass is 19.4. The molecule has 4 aliphatic rings. The van der Waals surface area contributed by atoms with Gasteiger partial charge in [0, 0.05) is 5.41 Å². The Hall–Kier alpha value is -0.840. The molecule has 0 spiro atoms. The van der Waals surface area contributed by atoms with Gasteiger partial charge in [-0.2, -0.15) is 13.2 Å². The predicted molar refractivity (Wildman–Crippen MR) is 83.0 cm³/mol. The lowest BCUT2D eigenvalue weighted by Crippen LogP contribution is -2.55. The summed E-state index contributed by atoms with van der Waals surface area (Å²) in [5, 5.41) is 10.1. The lowest BCUT2D eigenvalue weighted by atomic mass is 9.49. The van der Waals surface area contributed by atoms with Gasteiger partial charge in [-0.25, -0.2) is 0 Å². The Labute approximate surface area is 140 Å². The van der Waals surface area contributed by atoms with Gasteiger partial charge in [0.05, 0.1) is 0 Å². The molecule has 4 rings (SSSR count). The fourth-order valence-electron chi connectivity index (χ4n) is 6.41. The number of hydrogen-bond acceptors (Lipinski definition) is 2. The first kappa shape index (κ1) is 16.6. The zero-order valence-corrected chi connectivity index (χ0v) is 14.0. The average Bonchev–Trinajstić information content (AvgIpc) is 2.81. The van der Waals surface area contributed by atoms with Crippen molar-refractivity contribution in [2.24, 2.45) is 35.0 Å². The molecule has 0 aromatic heterocycles. The molecule has 3 fully saturated rings. The summed E-state index contributed by atoms with van der Waals surface area (Å²) in [6.07, 6.45) is 2.84. The molecule has 0 amide bonds. The number of ketones is 1. The topological polar surface area (TPSA) is 37.3 Å². The molecule has 0 saturated heterocycles. The van der Waals surface area contributed by atoms with Crippen molar-refractivity contribution in [2.75, 3.05) is 0 Å². The maximum atomic E-state index is 13.2. The third kappa shape index (κ3) is 2.16. The second-order valence-corrected chi connectivity index (χ2v) is 8.81. The van der Waals surface area contributed by atoms with Crippen LogP contribution in [0.3, 0.4) is 0 Å². The van der Waals surface area contributed by atoms with Crippen molar-refractivity contribution in [3.63, 3.8) is 0 Å². The summed E-state index contributed by atoms with van der Waals surface area (Å²) >= 11 is 0. The van der Waals surface area contributed by atoms with Crippen molar-refractivity contribution >= 4 is 5.78 Å². The molecule has 0 aliphatic heterocycles. The zero-order chi connectivity index (χ0) is 17.3. The summed E-state index contributed by atoms with van der Waals surface area (Å²) in [6, 6.07) is 0. The first-order valence-electron chi connectivity index (χ1n) is 9.17. The van der Waals surface area contributed by atoms with Crippen LogP contribution < -0.4 is 0 Å². The van der Waals surface area contributed by atoms with Gasteiger partial charge in [0.15, 0.2) is 11.4 Å². The molecule has 1 N–H and O–H groups in total. The smallest absolute Gasteiger partial charge is 0.380 e. The second-order valence-electron chi connectivity index (χ2n) is 8.81. The number of allylic oxidation sites excluding steroid dienone is 2. The minimum absolute atomic E-state index is 0.0305. The number of rotatable bonds is 0. The fraction of sp³-hybridized carbons (Fsp3) is 0.842. The zero-order valence-electron chi connectivity index (χ0n) is 14.0. The van der Waals surface area contributed by atoms with Crippen molar-refractivity contribution in [2.45, 2.75) is 63.6 Å². The maximum Gasteiger partial charge on any atom is 0.417 e. The van der Waals surface area contributed by atoms with Gasteiger partial charge in [-0.3, -0.25) is 4.79 Å². The SMILES string of the molecule is C[C@]12CC[C@H]3[C@@H](CC[C@@H]4C[C@@](O)(C(F)(F)F)CC[C@@H]43)[C@@H]1C=CC2=O. The van der Waals surface area contributed by atoms with Gasteiger partial charge in [-0.05, 0) is 80.6 Å². The molecular formula is C19H25F3O2. The first-order chi connectivity index (χ1) is 11.2. The Kier molecular flexibility index (Phi) is 3.52. The van der Waals surface area contributed by atoms with Crippen LogP contribution in [-0.2, 0) is 4.79 Å². The minimum Gasteiger partial charge on any atom is -0.380 e. The van der Waals surface area contributed by atoms with Gasteiger partial charge in [-0.1, -0.05) is 13.0 Å². The molecule has 7 atom stereocenters. The van der Waals surface area contributed by atoms with Gasteiger partial charge in [-0.15, -0.1) is 0 Å². The van der Waals surface area contributed by atoms with Crippen LogP contribution in [0.25, 0.3) is 0 Å². The normalized spacial score (nSPS) is 51.0. The fourth-order valence-corrected chi connectivity index (χ4v) is 6.41. The number of hydrogen-bond donors (Lipinski definition) is 1. The summed E-state index contributed by atoms with van der Waals surface area (Å²) in [5.41, 5.74) is -2.78. The molecule has 24 heavy (non-hydrogen) atoms. The summed E-state index contributed by atoms with van der Waals surface area (Å²) < 4.78 is 39.6. The van der Waals surface area contributed by atoms with E-state index >= 15 is 0 Å². The highest BCUT2D eigenvalue weighted by molar-refractivity contribution is 5.97. The van der Waals surface area contributed by atoms with Crippen LogP contribution in [0.15, 0.2) is 12.2 Å². The lowest BCUT2D eigenvalue weighted by molar-refractivity contribution is -0.282. The van der Waals surface area contributed by atoms with Gasteiger partial charge >= 0.3 is 6.18 Å². The van der Waals surface area contributed by atoms with E-state index in [0.29, 0.717) is 18.3 Å². The van der Waals surface area contributed by atoms with Gasteiger partial charge in [0.2, 0.25) is 0 Å². The van der Waals surface area contributed by atoms with Crippen LogP contribution in [0, 0.1) is 35.0 Å². The Morgan fingerprint density at radius 3 is 2.50 bits per heavy atom. The number of fused-ring (bicyclic) bond motifs is 5. The van der Waals surface area contributed by atoms with Crippen LogP contribution in [0.2, 0.25) is 0 Å². The monoisotopic (exact) mass is 342 g/mol. The van der Waals surface area contributed by atoms with Crippen molar-refractivity contribution in [3.05, 3.63) is 12.2 Å². The van der Waals surface area contributed by atoms with Crippen molar-refractivity contribution < 1.29 is 23.1 Å². The maximum absolute atomic E-state index is 13.2. The molecule has 0 bridgehead atoms. The van der Waals surface area contributed by atoms with Gasteiger partial charge in [0.25, 0.3) is 0 Å². The molecule has 0 heterocycles. The van der Waals surface area contributed by atoms with Crippen LogP contribution in [0.1, 0.15) is 51.9 Å². The molecule has 5 heteroatoms. The number of halogens is 3. The number of alkyl halides is 3. The minimum atomic E-state index is -4.53. The quantitative estimate of drug-likeness (QED) is 0.713. The molecule has 0 aromatic carbocycles. The summed E-state index contributed by atoms with van der Waals surface area (Å²) in [4.78, 5) is 12.2. The second kappa shape index (κ2) is 5.09. The van der Waals surface area contributed by atoms with E-state index < -0.39 is 11.8 Å². The van der Waals surface area contributed by atoms with Crippen LogP contribution >= 0.6 is 0 Å². The van der Waals surface area contributed by atoms with E-state index in [9.17, 15) is 23.1 Å². The highest BCUT2D eigenvalue weighted by Gasteiger charge is 2.61. The van der Waals surface area contributed by atoms with E-state index in [4.69, 9.17) is 0 Å². The van der Waals surface area contributed by atoms with Crippen LogP contribution in [0.5, 0.6) is 0 Å². The van der Waals surface area contributed by atoms with E-state index in [1.165, 1.54) is 0 Å². The summed E-state index contributed by atoms with van der Waals surface area (Å²) in [7, 11) is 0. The molecule has 2 nitrogen and oxygen atoms in total. The standard InChI is InChI=1S/C19H25F3O2/c1-17-8-6-13-12-7-9-18(24,19(20,21)22)10-11(12)2-3-14(13)15(17)4-5-16(17)23/h4-5,11-15,24H,2-3,6-10H2,1H3/t11-,12+,13-,14-,15+,17+,18-/m1/s1. The molecule has 0 aromatic rings. The lowest BCUT2D eigenvalue weighted by Gasteiger charge is -2.55. The van der Waals surface area contributed by atoms with E-state index in [2.05, 4.69) is 13.0 Å². The van der Waals surface area contributed by atoms with Crippen molar-refractivity contribution in [1.82, 2.24) is 0 Å². The van der Waals surface area contributed by atoms with Crippen LogP contribution in [0.4, 0.5) is 13.2 Å². The Balaban J connectivity index is 1.55. The largest absolute Gasteiger partial charge is 0.417 e. The Morgan fingerprint density at radius 2 is 1.79 bits per heavy atom. The van der Waals surface area contributed by atoms with E-state index in [1.54, 1.807) is 6.08 Å². The number of aliphatic hydroxyl groups is 1. The molecule has 0 unspecified atom stereocenters. The molecule has 0 radical (unpaired) electrons. The average molecular weight is 342 g/mol. The predicted octanol–water partition coefficient (Wildman–Crippen LogP) is 4.28. The Bertz CT molecular complexity index is 584. The molecule has 134 valence electrons. The molecular weight excluding hydrogens is 317 g/mol. The highest BCUT2D eigenvalue weighted by Crippen LogP contribution is 2.61. The summed E-state index contributed by atoms with van der Waals surface area (Å²) in [5.74, 6) is 1.56. The van der Waals surface area contributed by atoms with E-state index in [-0.39, 0.29) is 41.8 Å². The van der Waals surface area contributed by atoms with Crippen LogP contribution in [-0.4, -0.2) is 22.7 Å². The molecule has 4 aliphatic carbocycles. The molecule has 3 saturated carbocycles. The van der Waals surface area contributed by atoms with E-state index in [0.717, 1.165) is 25.7 Å². The Morgan fingerprint density at radius 1 is 1.08 bits per heavy atom.